The molecule has 0 spiro atoms. The first-order valence-electron chi connectivity index (χ1n) is 5.71. The molecule has 3 rings (SSSR count). The Morgan fingerprint density at radius 1 is 0.889 bits per heavy atom. The van der Waals surface area contributed by atoms with Crippen LogP contribution in [0.25, 0.3) is 16.9 Å². The topological polar surface area (TPSA) is 43.6 Å². The quantitative estimate of drug-likeness (QED) is 0.687. The van der Waals surface area contributed by atoms with Crippen molar-refractivity contribution in [2.24, 2.45) is 0 Å². The van der Waals surface area contributed by atoms with Gasteiger partial charge in [0.1, 0.15) is 0 Å². The number of aryl methyl sites for hydroxylation is 1. The van der Waals surface area contributed by atoms with Crippen LogP contribution in [0.5, 0.6) is 0 Å². The Hall–Kier alpha value is -2.49. The Labute approximate surface area is 105 Å². The van der Waals surface area contributed by atoms with Crippen LogP contribution in [0.2, 0.25) is 0 Å². The van der Waals surface area contributed by atoms with Gasteiger partial charge < -0.3 is 0 Å². The van der Waals surface area contributed by atoms with Crippen molar-refractivity contribution in [1.29, 1.82) is 0 Å². The zero-order valence-electron chi connectivity index (χ0n) is 9.99. The third kappa shape index (κ3) is 1.88. The second-order valence-corrected chi connectivity index (χ2v) is 4.05. The van der Waals surface area contributed by atoms with Gasteiger partial charge in [0.15, 0.2) is 0 Å². The van der Waals surface area contributed by atoms with Gasteiger partial charge in [0.05, 0.1) is 11.4 Å². The van der Waals surface area contributed by atoms with E-state index in [1.54, 1.807) is 24.8 Å². The predicted molar refractivity (Wildman–Crippen MR) is 69.3 cm³/mol. The second kappa shape index (κ2) is 4.41. The van der Waals surface area contributed by atoms with E-state index in [1.807, 2.05) is 35.1 Å². The third-order valence-electron chi connectivity index (χ3n) is 2.78. The summed E-state index contributed by atoms with van der Waals surface area (Å²) in [5.74, 6) is 0. The highest BCUT2D eigenvalue weighted by Crippen LogP contribution is 2.21. The summed E-state index contributed by atoms with van der Waals surface area (Å²) in [5, 5.41) is 4.61. The van der Waals surface area contributed by atoms with Gasteiger partial charge in [0.2, 0.25) is 0 Å². The molecule has 0 atom stereocenters. The normalized spacial score (nSPS) is 10.5. The van der Waals surface area contributed by atoms with Crippen molar-refractivity contribution >= 4 is 0 Å². The number of rotatable bonds is 2. The molecule has 3 aromatic rings. The molecule has 0 unspecified atom stereocenters. The Balaban J connectivity index is 2.07. The fourth-order valence-electron chi connectivity index (χ4n) is 1.88. The molecule has 0 bridgehead atoms. The van der Waals surface area contributed by atoms with Crippen molar-refractivity contribution in [3.8, 4) is 16.9 Å². The number of aromatic nitrogens is 4. The van der Waals surface area contributed by atoms with Crippen molar-refractivity contribution in [3.63, 3.8) is 0 Å². The van der Waals surface area contributed by atoms with Gasteiger partial charge in [0, 0.05) is 36.5 Å². The minimum atomic E-state index is 0.981. The van der Waals surface area contributed by atoms with Crippen LogP contribution in [0.3, 0.4) is 0 Å². The molecular weight excluding hydrogens is 224 g/mol. The monoisotopic (exact) mass is 236 g/mol. The number of nitrogens with zero attached hydrogens (tertiary/aromatic N) is 4. The van der Waals surface area contributed by atoms with Gasteiger partial charge in [-0.2, -0.15) is 5.10 Å². The average Bonchev–Trinajstić information content (AvgIpc) is 2.83. The Morgan fingerprint density at radius 3 is 2.17 bits per heavy atom. The average molecular weight is 236 g/mol. The maximum absolute atomic E-state index is 4.61. The summed E-state index contributed by atoms with van der Waals surface area (Å²) < 4.78 is 1.87. The fourth-order valence-corrected chi connectivity index (χ4v) is 1.88. The van der Waals surface area contributed by atoms with E-state index in [1.165, 1.54) is 0 Å². The van der Waals surface area contributed by atoms with E-state index in [0.717, 1.165) is 22.5 Å². The van der Waals surface area contributed by atoms with Crippen LogP contribution in [0.1, 0.15) is 5.56 Å². The Bertz CT molecular complexity index is 644. The van der Waals surface area contributed by atoms with Crippen LogP contribution >= 0.6 is 0 Å². The minimum Gasteiger partial charge on any atom is -0.265 e. The van der Waals surface area contributed by atoms with Crippen LogP contribution in [0.4, 0.5) is 0 Å². The van der Waals surface area contributed by atoms with E-state index in [-0.39, 0.29) is 0 Å². The van der Waals surface area contributed by atoms with Crippen molar-refractivity contribution in [2.45, 2.75) is 6.92 Å². The zero-order valence-corrected chi connectivity index (χ0v) is 9.99. The van der Waals surface area contributed by atoms with Gasteiger partial charge in [-0.1, -0.05) is 0 Å². The van der Waals surface area contributed by atoms with Crippen molar-refractivity contribution in [2.75, 3.05) is 0 Å². The van der Waals surface area contributed by atoms with E-state index in [4.69, 9.17) is 0 Å². The van der Waals surface area contributed by atoms with Gasteiger partial charge in [-0.3, -0.25) is 9.97 Å². The molecule has 0 amide bonds. The molecule has 4 nitrogen and oxygen atoms in total. The third-order valence-corrected chi connectivity index (χ3v) is 2.78. The smallest absolute Gasteiger partial charge is 0.0957 e. The fraction of sp³-hybridized carbons (Fsp3) is 0.0714. The molecule has 0 saturated carbocycles. The summed E-state index contributed by atoms with van der Waals surface area (Å²) in [4.78, 5) is 8.03. The summed E-state index contributed by atoms with van der Waals surface area (Å²) in [6.07, 6.45) is 9.10. The van der Waals surface area contributed by atoms with Gasteiger partial charge >= 0.3 is 0 Å². The number of hydrogen-bond donors (Lipinski definition) is 0. The molecule has 4 heteroatoms. The van der Waals surface area contributed by atoms with Crippen LogP contribution in [-0.4, -0.2) is 19.7 Å². The zero-order chi connectivity index (χ0) is 12.4. The van der Waals surface area contributed by atoms with Crippen LogP contribution in [0, 0.1) is 6.92 Å². The van der Waals surface area contributed by atoms with E-state index in [0.29, 0.717) is 0 Å². The van der Waals surface area contributed by atoms with Crippen LogP contribution in [0.15, 0.2) is 55.2 Å². The molecule has 18 heavy (non-hydrogen) atoms. The maximum atomic E-state index is 4.61. The molecule has 0 aliphatic carbocycles. The van der Waals surface area contributed by atoms with Crippen molar-refractivity contribution < 1.29 is 0 Å². The molecule has 0 aliphatic heterocycles. The lowest BCUT2D eigenvalue weighted by molar-refractivity contribution is 0.881. The van der Waals surface area contributed by atoms with Crippen LogP contribution in [-0.2, 0) is 0 Å². The summed E-state index contributed by atoms with van der Waals surface area (Å²) in [7, 11) is 0. The highest BCUT2D eigenvalue weighted by Gasteiger charge is 2.08. The summed E-state index contributed by atoms with van der Waals surface area (Å²) in [5.41, 5.74) is 4.20. The summed E-state index contributed by atoms with van der Waals surface area (Å²) in [6.45, 7) is 2.06. The SMILES string of the molecule is Cc1cn(-c2ccncc2)nc1-c1ccncc1. The van der Waals surface area contributed by atoms with E-state index < -0.39 is 0 Å². The first kappa shape index (κ1) is 10.7. The molecule has 0 aliphatic rings. The lowest BCUT2D eigenvalue weighted by Crippen LogP contribution is -1.94. The second-order valence-electron chi connectivity index (χ2n) is 4.05. The van der Waals surface area contributed by atoms with E-state index >= 15 is 0 Å². The minimum absolute atomic E-state index is 0.981. The molecule has 0 N–H and O–H groups in total. The number of pyridine rings is 2. The lowest BCUT2D eigenvalue weighted by Gasteiger charge is -1.99. The highest BCUT2D eigenvalue weighted by atomic mass is 15.3. The molecule has 3 heterocycles. The molecular formula is C14H12N4. The highest BCUT2D eigenvalue weighted by molar-refractivity contribution is 5.62. The standard InChI is InChI=1S/C14H12N4/c1-11-10-18(13-4-8-16-9-5-13)17-14(11)12-2-6-15-7-3-12/h2-10H,1H3. The molecule has 3 aromatic heterocycles. The first-order valence-corrected chi connectivity index (χ1v) is 5.71. The van der Waals surface area contributed by atoms with Gasteiger partial charge in [-0.25, -0.2) is 4.68 Å². The lowest BCUT2D eigenvalue weighted by atomic mass is 10.1. The van der Waals surface area contributed by atoms with Crippen LogP contribution < -0.4 is 0 Å². The first-order chi connectivity index (χ1) is 8.84. The Morgan fingerprint density at radius 2 is 1.50 bits per heavy atom. The largest absolute Gasteiger partial charge is 0.265 e. The molecule has 88 valence electrons. The molecule has 0 fully saturated rings. The predicted octanol–water partition coefficient (Wildman–Crippen LogP) is 2.64. The van der Waals surface area contributed by atoms with Gasteiger partial charge in [-0.15, -0.1) is 0 Å². The summed E-state index contributed by atoms with van der Waals surface area (Å²) in [6, 6.07) is 7.80. The van der Waals surface area contributed by atoms with E-state index in [2.05, 4.69) is 22.0 Å². The summed E-state index contributed by atoms with van der Waals surface area (Å²) >= 11 is 0. The van der Waals surface area contributed by atoms with Crippen molar-refractivity contribution in [1.82, 2.24) is 19.7 Å². The number of hydrogen-bond acceptors (Lipinski definition) is 3. The maximum Gasteiger partial charge on any atom is 0.0957 e. The van der Waals surface area contributed by atoms with E-state index in [9.17, 15) is 0 Å². The molecule has 0 saturated heterocycles. The Kier molecular flexibility index (Phi) is 2.61. The molecule has 0 aromatic carbocycles. The van der Waals surface area contributed by atoms with Gasteiger partial charge in [-0.05, 0) is 36.8 Å². The van der Waals surface area contributed by atoms with Crippen molar-refractivity contribution in [3.05, 3.63) is 60.8 Å². The van der Waals surface area contributed by atoms with Gasteiger partial charge in [0.25, 0.3) is 0 Å². The molecule has 0 radical (unpaired) electrons.